The van der Waals surface area contributed by atoms with Crippen molar-refractivity contribution in [1.82, 2.24) is 9.97 Å². The molecule has 0 atom stereocenters. The summed E-state index contributed by atoms with van der Waals surface area (Å²) in [7, 11) is 0. The number of carbonyl (C=O) groups is 1. The summed E-state index contributed by atoms with van der Waals surface area (Å²) in [6.07, 6.45) is 4.76. The third-order valence-corrected chi connectivity index (χ3v) is 3.65. The Morgan fingerprint density at radius 1 is 1.40 bits per heavy atom. The fraction of sp³-hybridized carbons (Fsp3) is 0.667. The first-order valence-corrected chi connectivity index (χ1v) is 7.33. The number of carboxylic acids is 1. The summed E-state index contributed by atoms with van der Waals surface area (Å²) in [4.78, 5) is 22.1. The minimum atomic E-state index is -0.993. The van der Waals surface area contributed by atoms with Crippen LogP contribution in [0.15, 0.2) is 6.07 Å². The van der Waals surface area contributed by atoms with Crippen molar-refractivity contribution in [3.05, 3.63) is 17.5 Å². The maximum Gasteiger partial charge on any atom is 0.354 e. The molecule has 2 rings (SSSR count). The highest BCUT2D eigenvalue weighted by Gasteiger charge is 2.26. The van der Waals surface area contributed by atoms with Crippen molar-refractivity contribution < 1.29 is 9.90 Å². The smallest absolute Gasteiger partial charge is 0.354 e. The number of carboxylic acid groups (broad SMARTS) is 1. The first kappa shape index (κ1) is 14.8. The lowest BCUT2D eigenvalue weighted by Crippen LogP contribution is -2.38. The lowest BCUT2D eigenvalue weighted by Gasteiger charge is -2.30. The van der Waals surface area contributed by atoms with Crippen LogP contribution >= 0.6 is 0 Å². The van der Waals surface area contributed by atoms with Gasteiger partial charge in [-0.1, -0.05) is 26.7 Å². The highest BCUT2D eigenvalue weighted by atomic mass is 16.4. The Hall–Kier alpha value is -1.65. The van der Waals surface area contributed by atoms with Gasteiger partial charge in [-0.2, -0.15) is 0 Å². The maximum absolute atomic E-state index is 11.2. The van der Waals surface area contributed by atoms with Gasteiger partial charge in [0.25, 0.3) is 0 Å². The van der Waals surface area contributed by atoms with E-state index in [1.54, 1.807) is 0 Å². The number of aromatic carboxylic acids is 1. The third kappa shape index (κ3) is 3.46. The molecule has 20 heavy (non-hydrogen) atoms. The van der Waals surface area contributed by atoms with E-state index in [1.165, 1.54) is 18.9 Å². The molecule has 1 aromatic rings. The molecule has 0 unspecified atom stereocenters. The Morgan fingerprint density at radius 3 is 2.60 bits per heavy atom. The summed E-state index contributed by atoms with van der Waals surface area (Å²) in [5.74, 6) is 0.0728. The summed E-state index contributed by atoms with van der Waals surface area (Å²) in [5.41, 5.74) is 0.790. The number of aryl methyl sites for hydroxylation is 1. The molecule has 1 aliphatic carbocycles. The molecule has 1 aromatic heterocycles. The molecule has 1 heterocycles. The average Bonchev–Trinajstić information content (AvgIpc) is 2.88. The standard InChI is InChI=1S/C15H23N3O2/c1-10(2)9-18(12-6-4-5-7-12)15-16-11(3)8-13(17-15)14(19)20/h8,10,12H,4-7,9H2,1-3H3,(H,19,20). The van der Waals surface area contributed by atoms with Crippen LogP contribution in [0.2, 0.25) is 0 Å². The van der Waals surface area contributed by atoms with Gasteiger partial charge < -0.3 is 10.0 Å². The number of aromatic nitrogens is 2. The van der Waals surface area contributed by atoms with Gasteiger partial charge >= 0.3 is 5.97 Å². The van der Waals surface area contributed by atoms with Crippen LogP contribution in [0.5, 0.6) is 0 Å². The number of hydrogen-bond donors (Lipinski definition) is 1. The molecule has 0 aliphatic heterocycles. The predicted molar refractivity (Wildman–Crippen MR) is 78.2 cm³/mol. The molecule has 1 N–H and O–H groups in total. The quantitative estimate of drug-likeness (QED) is 0.896. The fourth-order valence-electron chi connectivity index (χ4n) is 2.79. The molecule has 0 spiro atoms. The third-order valence-electron chi connectivity index (χ3n) is 3.65. The van der Waals surface area contributed by atoms with E-state index in [4.69, 9.17) is 5.11 Å². The predicted octanol–water partition coefficient (Wildman–Crippen LogP) is 2.89. The maximum atomic E-state index is 11.2. The zero-order valence-corrected chi connectivity index (χ0v) is 12.5. The average molecular weight is 277 g/mol. The summed E-state index contributed by atoms with van der Waals surface area (Å²) in [5, 5.41) is 9.15. The molecule has 0 bridgehead atoms. The molecule has 5 nitrogen and oxygen atoms in total. The molecule has 1 fully saturated rings. The van der Waals surface area contributed by atoms with E-state index in [-0.39, 0.29) is 5.69 Å². The molecule has 0 saturated heterocycles. The monoisotopic (exact) mass is 277 g/mol. The first-order valence-electron chi connectivity index (χ1n) is 7.33. The number of hydrogen-bond acceptors (Lipinski definition) is 4. The van der Waals surface area contributed by atoms with Crippen molar-refractivity contribution >= 4 is 11.9 Å². The molecule has 110 valence electrons. The SMILES string of the molecule is Cc1cc(C(=O)O)nc(N(CC(C)C)C2CCCC2)n1. The molecule has 0 radical (unpaired) electrons. The molecule has 1 aliphatic rings. The Morgan fingerprint density at radius 2 is 2.05 bits per heavy atom. The van der Waals surface area contributed by atoms with Gasteiger partial charge in [0.1, 0.15) is 0 Å². The van der Waals surface area contributed by atoms with Gasteiger partial charge in [-0.25, -0.2) is 14.8 Å². The van der Waals surface area contributed by atoms with Crippen molar-refractivity contribution in [3.63, 3.8) is 0 Å². The lowest BCUT2D eigenvalue weighted by molar-refractivity contribution is 0.0690. The Balaban J connectivity index is 2.34. The van der Waals surface area contributed by atoms with Crippen LogP contribution < -0.4 is 4.90 Å². The summed E-state index contributed by atoms with van der Waals surface area (Å²) in [6, 6.07) is 1.97. The highest BCUT2D eigenvalue weighted by molar-refractivity contribution is 5.85. The van der Waals surface area contributed by atoms with Crippen molar-refractivity contribution in [2.45, 2.75) is 52.5 Å². The topological polar surface area (TPSA) is 66.3 Å². The Kier molecular flexibility index (Phi) is 4.57. The van der Waals surface area contributed by atoms with Gasteiger partial charge in [0.15, 0.2) is 5.69 Å². The normalized spacial score (nSPS) is 15.8. The van der Waals surface area contributed by atoms with Gasteiger partial charge in [0.2, 0.25) is 5.95 Å². The van der Waals surface area contributed by atoms with Crippen LogP contribution in [0.4, 0.5) is 5.95 Å². The lowest BCUT2D eigenvalue weighted by atomic mass is 10.1. The van der Waals surface area contributed by atoms with Crippen LogP contribution in [0, 0.1) is 12.8 Å². The minimum absolute atomic E-state index is 0.0826. The van der Waals surface area contributed by atoms with E-state index >= 15 is 0 Å². The van der Waals surface area contributed by atoms with Crippen molar-refractivity contribution in [2.75, 3.05) is 11.4 Å². The van der Waals surface area contributed by atoms with E-state index in [1.807, 2.05) is 6.92 Å². The van der Waals surface area contributed by atoms with Gasteiger partial charge in [0, 0.05) is 18.3 Å². The van der Waals surface area contributed by atoms with Gasteiger partial charge in [-0.05, 0) is 31.7 Å². The zero-order valence-electron chi connectivity index (χ0n) is 12.5. The second kappa shape index (κ2) is 6.20. The Labute approximate surface area is 120 Å². The van der Waals surface area contributed by atoms with Crippen molar-refractivity contribution in [1.29, 1.82) is 0 Å². The van der Waals surface area contributed by atoms with Crippen LogP contribution in [0.25, 0.3) is 0 Å². The highest BCUT2D eigenvalue weighted by Crippen LogP contribution is 2.27. The zero-order chi connectivity index (χ0) is 14.7. The number of rotatable bonds is 5. The van der Waals surface area contributed by atoms with Crippen LogP contribution in [0.3, 0.4) is 0 Å². The summed E-state index contributed by atoms with van der Waals surface area (Å²) in [6.45, 7) is 7.01. The van der Waals surface area contributed by atoms with E-state index in [9.17, 15) is 4.79 Å². The van der Waals surface area contributed by atoms with Gasteiger partial charge in [-0.15, -0.1) is 0 Å². The minimum Gasteiger partial charge on any atom is -0.477 e. The molecular weight excluding hydrogens is 254 g/mol. The van der Waals surface area contributed by atoms with Crippen LogP contribution in [-0.2, 0) is 0 Å². The molecule has 5 heteroatoms. The second-order valence-electron chi connectivity index (χ2n) is 5.98. The fourth-order valence-corrected chi connectivity index (χ4v) is 2.79. The number of nitrogens with zero attached hydrogens (tertiary/aromatic N) is 3. The largest absolute Gasteiger partial charge is 0.477 e. The van der Waals surface area contributed by atoms with Gasteiger partial charge in [-0.3, -0.25) is 0 Å². The van der Waals surface area contributed by atoms with E-state index in [0.717, 1.165) is 19.4 Å². The van der Waals surface area contributed by atoms with Crippen LogP contribution in [0.1, 0.15) is 55.7 Å². The second-order valence-corrected chi connectivity index (χ2v) is 5.98. The Bertz CT molecular complexity index is 482. The summed E-state index contributed by atoms with van der Waals surface area (Å²) < 4.78 is 0. The summed E-state index contributed by atoms with van der Waals surface area (Å²) >= 11 is 0. The molecular formula is C15H23N3O2. The molecule has 1 saturated carbocycles. The molecule has 0 aromatic carbocycles. The van der Waals surface area contributed by atoms with E-state index in [0.29, 0.717) is 23.6 Å². The van der Waals surface area contributed by atoms with E-state index in [2.05, 4.69) is 28.7 Å². The van der Waals surface area contributed by atoms with Crippen molar-refractivity contribution in [3.8, 4) is 0 Å². The number of anilines is 1. The first-order chi connectivity index (χ1) is 9.47. The van der Waals surface area contributed by atoms with Crippen molar-refractivity contribution in [2.24, 2.45) is 5.92 Å². The van der Waals surface area contributed by atoms with E-state index < -0.39 is 5.97 Å². The molecule has 0 amide bonds. The van der Waals surface area contributed by atoms with Crippen LogP contribution in [-0.4, -0.2) is 33.6 Å². The van der Waals surface area contributed by atoms with Gasteiger partial charge in [0.05, 0.1) is 0 Å².